The molecule has 2 aromatic rings. The Kier molecular flexibility index (Phi) is 4.39. The van der Waals surface area contributed by atoms with Gasteiger partial charge in [0.15, 0.2) is 0 Å². The van der Waals surface area contributed by atoms with Crippen molar-refractivity contribution in [3.63, 3.8) is 0 Å². The number of thiophene rings is 1. The normalized spacial score (nSPS) is 14.0. The lowest BCUT2D eigenvalue weighted by Crippen LogP contribution is -2.49. The van der Waals surface area contributed by atoms with E-state index in [4.69, 9.17) is 5.73 Å². The molecule has 100 valence electrons. The number of halogens is 1. The summed E-state index contributed by atoms with van der Waals surface area (Å²) in [5.41, 5.74) is 5.55. The van der Waals surface area contributed by atoms with E-state index in [1.807, 2.05) is 48.7 Å². The van der Waals surface area contributed by atoms with Crippen molar-refractivity contribution in [3.8, 4) is 0 Å². The van der Waals surface area contributed by atoms with Crippen molar-refractivity contribution < 1.29 is 4.79 Å². The van der Waals surface area contributed by atoms with Gasteiger partial charge in [-0.25, -0.2) is 0 Å². The zero-order valence-corrected chi connectivity index (χ0v) is 12.9. The molecule has 0 aliphatic carbocycles. The van der Waals surface area contributed by atoms with Gasteiger partial charge in [-0.2, -0.15) is 0 Å². The van der Waals surface area contributed by atoms with E-state index in [0.717, 1.165) is 10.0 Å². The van der Waals surface area contributed by atoms with E-state index in [1.165, 1.54) is 4.88 Å². The molecule has 2 rings (SSSR count). The van der Waals surface area contributed by atoms with Crippen LogP contribution in [0.25, 0.3) is 0 Å². The molecule has 0 aliphatic rings. The zero-order valence-electron chi connectivity index (χ0n) is 10.5. The standard InChI is InChI=1S/C14H15BrN2OS/c1-14(13(16)18,10-4-2-5-11(15)8-10)17-9-12-6-3-7-19-12/h2-8,17H,9H2,1H3,(H2,16,18). The molecule has 1 atom stereocenters. The Balaban J connectivity index is 2.24. The fraction of sp³-hybridized carbons (Fsp3) is 0.214. The van der Waals surface area contributed by atoms with Crippen LogP contribution in [0.5, 0.6) is 0 Å². The first kappa shape index (κ1) is 14.2. The van der Waals surface area contributed by atoms with E-state index >= 15 is 0 Å². The smallest absolute Gasteiger partial charge is 0.242 e. The fourth-order valence-corrected chi connectivity index (χ4v) is 2.85. The maximum atomic E-state index is 11.8. The predicted molar refractivity (Wildman–Crippen MR) is 81.8 cm³/mol. The molecule has 0 radical (unpaired) electrons. The van der Waals surface area contributed by atoms with Crippen LogP contribution < -0.4 is 11.1 Å². The maximum Gasteiger partial charge on any atom is 0.242 e. The van der Waals surface area contributed by atoms with Crippen LogP contribution in [0.1, 0.15) is 17.4 Å². The van der Waals surface area contributed by atoms with Crippen LogP contribution in [-0.2, 0) is 16.9 Å². The number of nitrogens with one attached hydrogen (secondary N) is 1. The van der Waals surface area contributed by atoms with Gasteiger partial charge in [-0.15, -0.1) is 11.3 Å². The average Bonchev–Trinajstić information content (AvgIpc) is 2.88. The van der Waals surface area contributed by atoms with Gasteiger partial charge in [0.05, 0.1) is 0 Å². The van der Waals surface area contributed by atoms with Gasteiger partial charge < -0.3 is 5.73 Å². The lowest BCUT2D eigenvalue weighted by atomic mass is 9.91. The third-order valence-electron chi connectivity index (χ3n) is 3.09. The highest BCUT2D eigenvalue weighted by Crippen LogP contribution is 2.24. The second-order valence-corrected chi connectivity index (χ2v) is 6.38. The number of carbonyl (C=O) groups excluding carboxylic acids is 1. The number of rotatable bonds is 5. The van der Waals surface area contributed by atoms with E-state index in [0.29, 0.717) is 6.54 Å². The molecule has 0 aliphatic heterocycles. The van der Waals surface area contributed by atoms with Gasteiger partial charge in [0, 0.05) is 15.9 Å². The zero-order chi connectivity index (χ0) is 13.9. The highest BCUT2D eigenvalue weighted by molar-refractivity contribution is 9.10. The predicted octanol–water partition coefficient (Wildman–Crippen LogP) is 3.00. The second-order valence-electron chi connectivity index (χ2n) is 4.43. The maximum absolute atomic E-state index is 11.8. The highest BCUT2D eigenvalue weighted by atomic mass is 79.9. The number of benzene rings is 1. The van der Waals surface area contributed by atoms with Crippen LogP contribution in [0.4, 0.5) is 0 Å². The molecule has 3 nitrogen and oxygen atoms in total. The van der Waals surface area contributed by atoms with Crippen molar-refractivity contribution in [3.05, 3.63) is 56.7 Å². The summed E-state index contributed by atoms with van der Waals surface area (Å²) in [7, 11) is 0. The molecule has 3 N–H and O–H groups in total. The summed E-state index contributed by atoms with van der Waals surface area (Å²) in [4.78, 5) is 13.0. The molecule has 5 heteroatoms. The first-order valence-electron chi connectivity index (χ1n) is 5.86. The Morgan fingerprint density at radius 2 is 2.21 bits per heavy atom. The molecule has 19 heavy (non-hydrogen) atoms. The molecule has 0 spiro atoms. The SMILES string of the molecule is CC(NCc1cccs1)(C(N)=O)c1cccc(Br)c1. The Morgan fingerprint density at radius 3 is 2.79 bits per heavy atom. The Morgan fingerprint density at radius 1 is 1.42 bits per heavy atom. The first-order chi connectivity index (χ1) is 9.02. The summed E-state index contributed by atoms with van der Waals surface area (Å²) >= 11 is 5.07. The Labute approximate surface area is 125 Å². The number of amides is 1. The third kappa shape index (κ3) is 3.23. The molecule has 0 fully saturated rings. The molecule has 1 amide bonds. The lowest BCUT2D eigenvalue weighted by Gasteiger charge is -2.28. The Bertz CT molecular complexity index is 571. The minimum atomic E-state index is -0.881. The molecule has 0 saturated heterocycles. The first-order valence-corrected chi connectivity index (χ1v) is 7.53. The number of nitrogens with two attached hydrogens (primary N) is 1. The van der Waals surface area contributed by atoms with Crippen LogP contribution >= 0.6 is 27.3 Å². The van der Waals surface area contributed by atoms with Crippen LogP contribution in [0.3, 0.4) is 0 Å². The van der Waals surface area contributed by atoms with Crippen molar-refractivity contribution in [2.24, 2.45) is 5.73 Å². The summed E-state index contributed by atoms with van der Waals surface area (Å²) in [5, 5.41) is 5.27. The molecule has 0 saturated carbocycles. The molecular formula is C14H15BrN2OS. The quantitative estimate of drug-likeness (QED) is 0.880. The monoisotopic (exact) mass is 338 g/mol. The van der Waals surface area contributed by atoms with E-state index in [9.17, 15) is 4.79 Å². The summed E-state index contributed by atoms with van der Waals surface area (Å²) in [6.07, 6.45) is 0. The van der Waals surface area contributed by atoms with E-state index in [2.05, 4.69) is 21.2 Å². The van der Waals surface area contributed by atoms with Crippen molar-refractivity contribution in [2.75, 3.05) is 0 Å². The topological polar surface area (TPSA) is 55.1 Å². The van der Waals surface area contributed by atoms with Crippen molar-refractivity contribution in [1.29, 1.82) is 0 Å². The molecule has 1 unspecified atom stereocenters. The van der Waals surface area contributed by atoms with Gasteiger partial charge in [0.25, 0.3) is 0 Å². The summed E-state index contributed by atoms with van der Waals surface area (Å²) in [6, 6.07) is 11.6. The van der Waals surface area contributed by atoms with Gasteiger partial charge in [0.1, 0.15) is 5.54 Å². The second kappa shape index (κ2) is 5.86. The number of primary amides is 1. The van der Waals surface area contributed by atoms with Crippen LogP contribution in [0.15, 0.2) is 46.3 Å². The number of hydrogen-bond acceptors (Lipinski definition) is 3. The van der Waals surface area contributed by atoms with Gasteiger partial charge in [0.2, 0.25) is 5.91 Å². The van der Waals surface area contributed by atoms with Gasteiger partial charge in [-0.05, 0) is 36.1 Å². The van der Waals surface area contributed by atoms with Crippen molar-refractivity contribution in [1.82, 2.24) is 5.32 Å². The third-order valence-corrected chi connectivity index (χ3v) is 4.46. The molecule has 0 bridgehead atoms. The van der Waals surface area contributed by atoms with E-state index in [1.54, 1.807) is 11.3 Å². The fourth-order valence-electron chi connectivity index (χ4n) is 1.81. The summed E-state index contributed by atoms with van der Waals surface area (Å²) < 4.78 is 0.926. The minimum absolute atomic E-state index is 0.387. The molecule has 1 heterocycles. The Hall–Kier alpha value is -1.17. The number of hydrogen-bond donors (Lipinski definition) is 2. The van der Waals surface area contributed by atoms with Gasteiger partial charge in [-0.3, -0.25) is 10.1 Å². The summed E-state index contributed by atoms with van der Waals surface area (Å²) in [5.74, 6) is -0.387. The van der Waals surface area contributed by atoms with Gasteiger partial charge >= 0.3 is 0 Å². The van der Waals surface area contributed by atoms with E-state index in [-0.39, 0.29) is 5.91 Å². The lowest BCUT2D eigenvalue weighted by molar-refractivity contribution is -0.124. The summed E-state index contributed by atoms with van der Waals surface area (Å²) in [6.45, 7) is 2.42. The van der Waals surface area contributed by atoms with Gasteiger partial charge in [-0.1, -0.05) is 34.1 Å². The molecule has 1 aromatic heterocycles. The number of carbonyl (C=O) groups is 1. The minimum Gasteiger partial charge on any atom is -0.368 e. The van der Waals surface area contributed by atoms with E-state index < -0.39 is 5.54 Å². The van der Waals surface area contributed by atoms with Crippen molar-refractivity contribution >= 4 is 33.2 Å². The largest absolute Gasteiger partial charge is 0.368 e. The van der Waals surface area contributed by atoms with Crippen LogP contribution in [0.2, 0.25) is 0 Å². The average molecular weight is 339 g/mol. The molecular weight excluding hydrogens is 324 g/mol. The highest BCUT2D eigenvalue weighted by Gasteiger charge is 2.32. The van der Waals surface area contributed by atoms with Crippen molar-refractivity contribution in [2.45, 2.75) is 19.0 Å². The molecule has 1 aromatic carbocycles. The van der Waals surface area contributed by atoms with Crippen LogP contribution in [-0.4, -0.2) is 5.91 Å². The van der Waals surface area contributed by atoms with Crippen LogP contribution in [0, 0.1) is 0 Å².